The standard InChI is InChI=1S/C20H21BrClN3OS/c1-3-24(4-2)12-13-25(19(26)14-8-10-15(21)11-9-14)20-23-18-16(22)6-5-7-17(18)27-20/h5-11H,3-4,12-13H2,1-2H3. The van der Waals surface area contributed by atoms with Crippen LogP contribution in [-0.4, -0.2) is 42.0 Å². The molecule has 0 fully saturated rings. The molecule has 0 aliphatic carbocycles. The third-order valence-corrected chi connectivity index (χ3v) is 6.34. The van der Waals surface area contributed by atoms with E-state index in [9.17, 15) is 4.79 Å². The number of carbonyl (C=O) groups is 1. The summed E-state index contributed by atoms with van der Waals surface area (Å²) in [5, 5.41) is 1.29. The Morgan fingerprint density at radius 3 is 2.44 bits per heavy atom. The van der Waals surface area contributed by atoms with Crippen LogP contribution in [0.2, 0.25) is 5.02 Å². The lowest BCUT2D eigenvalue weighted by Crippen LogP contribution is -2.38. The highest BCUT2D eigenvalue weighted by molar-refractivity contribution is 9.10. The molecule has 0 unspecified atom stereocenters. The number of aromatic nitrogens is 1. The van der Waals surface area contributed by atoms with Crippen molar-refractivity contribution in [1.82, 2.24) is 9.88 Å². The zero-order valence-corrected chi connectivity index (χ0v) is 18.4. The second-order valence-electron chi connectivity index (χ2n) is 6.07. The van der Waals surface area contributed by atoms with Gasteiger partial charge in [0.05, 0.1) is 9.72 Å². The van der Waals surface area contributed by atoms with Gasteiger partial charge < -0.3 is 4.90 Å². The molecular weight excluding hydrogens is 446 g/mol. The normalized spacial score (nSPS) is 11.3. The van der Waals surface area contributed by atoms with E-state index in [0.717, 1.165) is 34.3 Å². The van der Waals surface area contributed by atoms with Crippen molar-refractivity contribution in [2.45, 2.75) is 13.8 Å². The van der Waals surface area contributed by atoms with Gasteiger partial charge in [-0.3, -0.25) is 9.69 Å². The smallest absolute Gasteiger partial charge is 0.260 e. The maximum absolute atomic E-state index is 13.2. The van der Waals surface area contributed by atoms with E-state index in [1.54, 1.807) is 4.90 Å². The van der Waals surface area contributed by atoms with Crippen LogP contribution < -0.4 is 4.90 Å². The van der Waals surface area contributed by atoms with E-state index in [-0.39, 0.29) is 5.91 Å². The molecule has 0 aliphatic heterocycles. The number of halogens is 2. The van der Waals surface area contributed by atoms with Crippen molar-refractivity contribution in [3.63, 3.8) is 0 Å². The summed E-state index contributed by atoms with van der Waals surface area (Å²) < 4.78 is 1.93. The fourth-order valence-electron chi connectivity index (χ4n) is 2.83. The number of anilines is 1. The summed E-state index contributed by atoms with van der Waals surface area (Å²) in [4.78, 5) is 22.0. The van der Waals surface area contributed by atoms with E-state index in [1.165, 1.54) is 11.3 Å². The molecule has 0 bridgehead atoms. The molecule has 0 saturated heterocycles. The second kappa shape index (κ2) is 9.15. The van der Waals surface area contributed by atoms with Crippen molar-refractivity contribution < 1.29 is 4.79 Å². The lowest BCUT2D eigenvalue weighted by atomic mass is 10.2. The fourth-order valence-corrected chi connectivity index (χ4v) is 4.39. The van der Waals surface area contributed by atoms with Crippen LogP contribution in [0.3, 0.4) is 0 Å². The average molecular weight is 467 g/mol. The Morgan fingerprint density at radius 2 is 1.81 bits per heavy atom. The summed E-state index contributed by atoms with van der Waals surface area (Å²) in [6.07, 6.45) is 0. The van der Waals surface area contributed by atoms with Gasteiger partial charge in [-0.05, 0) is 49.5 Å². The lowest BCUT2D eigenvalue weighted by molar-refractivity contribution is 0.0984. The number of hydrogen-bond acceptors (Lipinski definition) is 4. The van der Waals surface area contributed by atoms with E-state index in [0.29, 0.717) is 22.3 Å². The second-order valence-corrected chi connectivity index (χ2v) is 8.41. The van der Waals surface area contributed by atoms with Gasteiger partial charge in [-0.1, -0.05) is 58.8 Å². The molecule has 1 heterocycles. The number of rotatable bonds is 7. The zero-order chi connectivity index (χ0) is 19.4. The topological polar surface area (TPSA) is 36.4 Å². The Morgan fingerprint density at radius 1 is 1.11 bits per heavy atom. The van der Waals surface area contributed by atoms with Gasteiger partial charge in [-0.15, -0.1) is 0 Å². The van der Waals surface area contributed by atoms with Gasteiger partial charge in [0.2, 0.25) is 0 Å². The maximum atomic E-state index is 13.2. The maximum Gasteiger partial charge on any atom is 0.260 e. The third kappa shape index (κ3) is 4.69. The first-order valence-corrected chi connectivity index (χ1v) is 10.9. The van der Waals surface area contributed by atoms with Crippen molar-refractivity contribution in [3.05, 3.63) is 57.5 Å². The Bertz CT molecular complexity index is 925. The number of likely N-dealkylation sites (N-methyl/N-ethyl adjacent to an activating group) is 1. The molecule has 3 rings (SSSR count). The first-order chi connectivity index (χ1) is 13.0. The number of amides is 1. The van der Waals surface area contributed by atoms with Crippen LogP contribution >= 0.6 is 38.9 Å². The van der Waals surface area contributed by atoms with E-state index in [4.69, 9.17) is 11.6 Å². The molecule has 0 aliphatic rings. The van der Waals surface area contributed by atoms with Crippen molar-refractivity contribution in [2.24, 2.45) is 0 Å². The Labute approximate surface area is 176 Å². The van der Waals surface area contributed by atoms with Gasteiger partial charge in [0.1, 0.15) is 5.52 Å². The molecule has 0 atom stereocenters. The van der Waals surface area contributed by atoms with Gasteiger partial charge in [-0.25, -0.2) is 4.98 Å². The number of carbonyl (C=O) groups excluding carboxylic acids is 1. The van der Waals surface area contributed by atoms with Crippen LogP contribution in [0, 0.1) is 0 Å². The van der Waals surface area contributed by atoms with E-state index in [2.05, 4.69) is 39.7 Å². The van der Waals surface area contributed by atoms with Gasteiger partial charge in [0.25, 0.3) is 5.91 Å². The molecule has 1 amide bonds. The van der Waals surface area contributed by atoms with Gasteiger partial charge in [0, 0.05) is 23.1 Å². The summed E-state index contributed by atoms with van der Waals surface area (Å²) >= 11 is 11.2. The number of benzene rings is 2. The predicted octanol–water partition coefficient (Wildman–Crippen LogP) is 5.70. The summed E-state index contributed by atoms with van der Waals surface area (Å²) in [6.45, 7) is 7.52. The Kier molecular flexibility index (Phi) is 6.87. The van der Waals surface area contributed by atoms with Crippen LogP contribution in [0.4, 0.5) is 5.13 Å². The predicted molar refractivity (Wildman–Crippen MR) is 118 cm³/mol. The van der Waals surface area contributed by atoms with Crippen LogP contribution in [0.15, 0.2) is 46.9 Å². The number of thiazole rings is 1. The Balaban J connectivity index is 1.96. The summed E-state index contributed by atoms with van der Waals surface area (Å²) in [5.74, 6) is -0.0511. The molecule has 1 aromatic heterocycles. The molecular formula is C20H21BrClN3OS. The van der Waals surface area contributed by atoms with Crippen molar-refractivity contribution >= 4 is 60.1 Å². The van der Waals surface area contributed by atoms with Crippen molar-refractivity contribution in [1.29, 1.82) is 0 Å². The molecule has 7 heteroatoms. The molecule has 0 radical (unpaired) electrons. The van der Waals surface area contributed by atoms with Crippen LogP contribution in [-0.2, 0) is 0 Å². The Hall–Kier alpha value is -1.47. The van der Waals surface area contributed by atoms with Crippen molar-refractivity contribution in [2.75, 3.05) is 31.1 Å². The lowest BCUT2D eigenvalue weighted by Gasteiger charge is -2.24. The molecule has 27 heavy (non-hydrogen) atoms. The molecule has 142 valence electrons. The quantitative estimate of drug-likeness (QED) is 0.448. The van der Waals surface area contributed by atoms with Gasteiger partial charge in [-0.2, -0.15) is 0 Å². The first-order valence-electron chi connectivity index (χ1n) is 8.88. The minimum absolute atomic E-state index is 0.0511. The van der Waals surface area contributed by atoms with E-state index < -0.39 is 0 Å². The highest BCUT2D eigenvalue weighted by Gasteiger charge is 2.22. The largest absolute Gasteiger partial charge is 0.302 e. The van der Waals surface area contributed by atoms with Crippen LogP contribution in [0.5, 0.6) is 0 Å². The number of hydrogen-bond donors (Lipinski definition) is 0. The molecule has 0 N–H and O–H groups in total. The SMILES string of the molecule is CCN(CC)CCN(C(=O)c1ccc(Br)cc1)c1nc2c(Cl)cccc2s1. The monoisotopic (exact) mass is 465 g/mol. The van der Waals surface area contributed by atoms with Crippen molar-refractivity contribution in [3.8, 4) is 0 Å². The van der Waals surface area contributed by atoms with Crippen LogP contribution in [0.25, 0.3) is 10.2 Å². The summed E-state index contributed by atoms with van der Waals surface area (Å²) in [5.41, 5.74) is 1.39. The molecule has 3 aromatic rings. The highest BCUT2D eigenvalue weighted by atomic mass is 79.9. The third-order valence-electron chi connectivity index (χ3n) is 4.46. The molecule has 4 nitrogen and oxygen atoms in total. The summed E-state index contributed by atoms with van der Waals surface area (Å²) in [7, 11) is 0. The number of para-hydroxylation sites is 1. The number of fused-ring (bicyclic) bond motifs is 1. The summed E-state index contributed by atoms with van der Waals surface area (Å²) in [6, 6.07) is 13.1. The van der Waals surface area contributed by atoms with E-state index in [1.807, 2.05) is 42.5 Å². The number of nitrogens with zero attached hydrogens (tertiary/aromatic N) is 3. The molecule has 0 saturated carbocycles. The average Bonchev–Trinajstić information content (AvgIpc) is 3.11. The van der Waals surface area contributed by atoms with Gasteiger partial charge >= 0.3 is 0 Å². The zero-order valence-electron chi connectivity index (χ0n) is 15.3. The van der Waals surface area contributed by atoms with Crippen LogP contribution in [0.1, 0.15) is 24.2 Å². The van der Waals surface area contributed by atoms with Gasteiger partial charge in [0.15, 0.2) is 5.13 Å². The van der Waals surface area contributed by atoms with E-state index >= 15 is 0 Å². The minimum atomic E-state index is -0.0511. The fraction of sp³-hybridized carbons (Fsp3) is 0.300. The highest BCUT2D eigenvalue weighted by Crippen LogP contribution is 2.33. The minimum Gasteiger partial charge on any atom is -0.302 e. The molecule has 0 spiro atoms. The molecule has 2 aromatic carbocycles. The first kappa shape index (κ1) is 20.3.